The Morgan fingerprint density at radius 3 is 2.59 bits per heavy atom. The summed E-state index contributed by atoms with van der Waals surface area (Å²) in [6, 6.07) is 3.78. The standard InChI is InChI=1S/C10H8F3NO3/c1-17-5-2-3-7-6(4-5)8(15)9(16,14-7)10(11,12)13/h2-4,14,16H,1H3. The quantitative estimate of drug-likeness (QED) is 0.790. The van der Waals surface area contributed by atoms with Gasteiger partial charge in [0, 0.05) is 5.69 Å². The molecule has 0 amide bonds. The molecule has 1 unspecified atom stereocenters. The van der Waals surface area contributed by atoms with Crippen LogP contribution in [-0.2, 0) is 0 Å². The number of hydrogen-bond donors (Lipinski definition) is 2. The minimum Gasteiger partial charge on any atom is -0.497 e. The second kappa shape index (κ2) is 3.36. The molecule has 7 heteroatoms. The Morgan fingerprint density at radius 2 is 2.06 bits per heavy atom. The number of methoxy groups -OCH3 is 1. The summed E-state index contributed by atoms with van der Waals surface area (Å²) in [6.45, 7) is 0. The molecular weight excluding hydrogens is 239 g/mol. The van der Waals surface area contributed by atoms with Crippen LogP contribution in [0.5, 0.6) is 5.75 Å². The molecule has 1 aromatic rings. The third-order valence-corrected chi connectivity index (χ3v) is 2.53. The van der Waals surface area contributed by atoms with Crippen molar-refractivity contribution in [1.29, 1.82) is 0 Å². The molecule has 0 aliphatic carbocycles. The summed E-state index contributed by atoms with van der Waals surface area (Å²) in [7, 11) is 1.32. The van der Waals surface area contributed by atoms with Crippen LogP contribution in [0.2, 0.25) is 0 Å². The van der Waals surface area contributed by atoms with Crippen LogP contribution in [0, 0.1) is 0 Å². The molecule has 1 aliphatic heterocycles. The molecule has 0 bridgehead atoms. The Labute approximate surface area is 94.0 Å². The number of aliphatic hydroxyl groups is 1. The first-order chi connectivity index (χ1) is 7.79. The monoisotopic (exact) mass is 247 g/mol. The zero-order valence-electron chi connectivity index (χ0n) is 8.63. The number of carbonyl (C=O) groups excluding carboxylic acids is 1. The number of nitrogens with one attached hydrogen (secondary N) is 1. The molecule has 4 nitrogen and oxygen atoms in total. The van der Waals surface area contributed by atoms with Gasteiger partial charge in [-0.3, -0.25) is 4.79 Å². The Hall–Kier alpha value is -1.76. The first-order valence-corrected chi connectivity index (χ1v) is 4.60. The van der Waals surface area contributed by atoms with Crippen molar-refractivity contribution in [3.63, 3.8) is 0 Å². The van der Waals surface area contributed by atoms with E-state index in [0.29, 0.717) is 0 Å². The molecule has 0 saturated heterocycles. The van der Waals surface area contributed by atoms with Crippen molar-refractivity contribution >= 4 is 11.5 Å². The number of anilines is 1. The highest BCUT2D eigenvalue weighted by atomic mass is 19.4. The highest BCUT2D eigenvalue weighted by Gasteiger charge is 2.63. The van der Waals surface area contributed by atoms with E-state index in [1.54, 1.807) is 5.32 Å². The highest BCUT2D eigenvalue weighted by Crippen LogP contribution is 2.41. The molecule has 2 rings (SSSR count). The minimum atomic E-state index is -5.09. The van der Waals surface area contributed by atoms with Gasteiger partial charge in [-0.2, -0.15) is 13.2 Å². The molecule has 1 aromatic carbocycles. The Morgan fingerprint density at radius 1 is 1.41 bits per heavy atom. The average Bonchev–Trinajstić information content (AvgIpc) is 2.52. The lowest BCUT2D eigenvalue weighted by molar-refractivity contribution is -0.224. The summed E-state index contributed by atoms with van der Waals surface area (Å²) in [5.41, 5.74) is -3.87. The molecule has 1 aliphatic rings. The van der Waals surface area contributed by atoms with Crippen LogP contribution in [-0.4, -0.2) is 29.9 Å². The summed E-state index contributed by atoms with van der Waals surface area (Å²) in [4.78, 5) is 11.5. The number of alkyl halides is 3. The smallest absolute Gasteiger partial charge is 0.444 e. The molecule has 1 heterocycles. The number of ether oxygens (including phenoxy) is 1. The number of carbonyl (C=O) groups is 1. The number of halogens is 3. The third kappa shape index (κ3) is 1.54. The van der Waals surface area contributed by atoms with E-state index in [4.69, 9.17) is 4.74 Å². The van der Waals surface area contributed by atoms with Gasteiger partial charge in [0.25, 0.3) is 5.72 Å². The molecule has 92 valence electrons. The van der Waals surface area contributed by atoms with Crippen LogP contribution in [0.4, 0.5) is 18.9 Å². The maximum atomic E-state index is 12.6. The molecule has 1 atom stereocenters. The maximum Gasteiger partial charge on any atom is 0.444 e. The van der Waals surface area contributed by atoms with Gasteiger partial charge >= 0.3 is 6.18 Å². The topological polar surface area (TPSA) is 58.6 Å². The van der Waals surface area contributed by atoms with Gasteiger partial charge in [-0.05, 0) is 18.2 Å². The maximum absolute atomic E-state index is 12.6. The fourth-order valence-electron chi connectivity index (χ4n) is 1.59. The van der Waals surface area contributed by atoms with Crippen LogP contribution >= 0.6 is 0 Å². The van der Waals surface area contributed by atoms with Crippen LogP contribution < -0.4 is 10.1 Å². The van der Waals surface area contributed by atoms with Crippen molar-refractivity contribution < 1.29 is 27.8 Å². The molecule has 0 spiro atoms. The van der Waals surface area contributed by atoms with E-state index >= 15 is 0 Å². The summed E-state index contributed by atoms with van der Waals surface area (Å²) >= 11 is 0. The second-order valence-corrected chi connectivity index (χ2v) is 3.57. The summed E-state index contributed by atoms with van der Waals surface area (Å²) in [5, 5.41) is 11.1. The van der Waals surface area contributed by atoms with Gasteiger partial charge in [-0.1, -0.05) is 0 Å². The van der Waals surface area contributed by atoms with Crippen molar-refractivity contribution in [3.8, 4) is 5.75 Å². The van der Waals surface area contributed by atoms with E-state index in [0.717, 1.165) is 6.07 Å². The molecule has 0 saturated carbocycles. The zero-order valence-corrected chi connectivity index (χ0v) is 8.63. The molecule has 0 radical (unpaired) electrons. The summed E-state index contributed by atoms with van der Waals surface area (Å²) in [6.07, 6.45) is -5.09. The molecule has 17 heavy (non-hydrogen) atoms. The van der Waals surface area contributed by atoms with Crippen molar-refractivity contribution in [2.24, 2.45) is 0 Å². The van der Waals surface area contributed by atoms with Gasteiger partial charge in [0.15, 0.2) is 0 Å². The van der Waals surface area contributed by atoms with Crippen molar-refractivity contribution in [2.75, 3.05) is 12.4 Å². The fourth-order valence-corrected chi connectivity index (χ4v) is 1.59. The van der Waals surface area contributed by atoms with E-state index in [1.807, 2.05) is 0 Å². The Kier molecular flexibility index (Phi) is 2.32. The average molecular weight is 247 g/mol. The first-order valence-electron chi connectivity index (χ1n) is 4.60. The number of ketones is 1. The SMILES string of the molecule is COc1ccc2c(c1)C(=O)C(O)(C(F)(F)F)N2. The van der Waals surface area contributed by atoms with Crippen molar-refractivity contribution in [3.05, 3.63) is 23.8 Å². The normalized spacial score (nSPS) is 23.2. The van der Waals surface area contributed by atoms with Gasteiger partial charge in [-0.15, -0.1) is 0 Å². The highest BCUT2D eigenvalue weighted by molar-refractivity contribution is 6.13. The van der Waals surface area contributed by atoms with Crippen LogP contribution in [0.15, 0.2) is 18.2 Å². The fraction of sp³-hybridized carbons (Fsp3) is 0.300. The zero-order chi connectivity index (χ0) is 12.8. The van der Waals surface area contributed by atoms with E-state index in [1.165, 1.54) is 19.2 Å². The summed E-state index contributed by atoms with van der Waals surface area (Å²) in [5.74, 6) is -1.19. The lowest BCUT2D eigenvalue weighted by Gasteiger charge is -2.24. The number of rotatable bonds is 1. The molecule has 0 aromatic heterocycles. The summed E-state index contributed by atoms with van der Waals surface area (Å²) < 4.78 is 42.5. The largest absolute Gasteiger partial charge is 0.497 e. The van der Waals surface area contributed by atoms with Gasteiger partial charge in [-0.25, -0.2) is 0 Å². The predicted molar refractivity (Wildman–Crippen MR) is 52.0 cm³/mol. The van der Waals surface area contributed by atoms with Crippen molar-refractivity contribution in [2.45, 2.75) is 11.9 Å². The lowest BCUT2D eigenvalue weighted by atomic mass is 10.1. The van der Waals surface area contributed by atoms with Gasteiger partial charge in [0.1, 0.15) is 5.75 Å². The number of fused-ring (bicyclic) bond motifs is 1. The van der Waals surface area contributed by atoms with E-state index in [-0.39, 0.29) is 17.0 Å². The molecular formula is C10H8F3NO3. The minimum absolute atomic E-state index is 0.0735. The number of hydrogen-bond acceptors (Lipinski definition) is 4. The van der Waals surface area contributed by atoms with E-state index in [2.05, 4.69) is 0 Å². The van der Waals surface area contributed by atoms with E-state index in [9.17, 15) is 23.1 Å². The van der Waals surface area contributed by atoms with Gasteiger partial charge in [0.2, 0.25) is 5.78 Å². The van der Waals surface area contributed by atoms with Crippen LogP contribution in [0.25, 0.3) is 0 Å². The van der Waals surface area contributed by atoms with Crippen LogP contribution in [0.3, 0.4) is 0 Å². The molecule has 2 N–H and O–H groups in total. The number of benzene rings is 1. The predicted octanol–water partition coefficient (Wildman–Crippen LogP) is 1.55. The first kappa shape index (κ1) is 11.7. The van der Waals surface area contributed by atoms with Gasteiger partial charge in [0.05, 0.1) is 12.7 Å². The Balaban J connectivity index is 2.50. The number of Topliss-reactive ketones (excluding diaryl/α,β-unsaturated/α-hetero) is 1. The van der Waals surface area contributed by atoms with Gasteiger partial charge < -0.3 is 15.2 Å². The lowest BCUT2D eigenvalue weighted by Crippen LogP contribution is -2.54. The molecule has 0 fully saturated rings. The second-order valence-electron chi connectivity index (χ2n) is 3.57. The van der Waals surface area contributed by atoms with Crippen molar-refractivity contribution in [1.82, 2.24) is 0 Å². The van der Waals surface area contributed by atoms with E-state index < -0.39 is 17.7 Å². The Bertz CT molecular complexity index is 486. The third-order valence-electron chi connectivity index (χ3n) is 2.53. The van der Waals surface area contributed by atoms with Crippen LogP contribution in [0.1, 0.15) is 10.4 Å².